The van der Waals surface area contributed by atoms with Crippen molar-refractivity contribution in [3.8, 4) is 0 Å². The van der Waals surface area contributed by atoms with Crippen molar-refractivity contribution in [2.75, 3.05) is 0 Å². The smallest absolute Gasteiger partial charge is 0.0512 e. The van der Waals surface area contributed by atoms with Crippen molar-refractivity contribution < 1.29 is 5.11 Å². The molecule has 1 unspecified atom stereocenters. The minimum Gasteiger partial charge on any atom is -0.393 e. The third-order valence-corrected chi connectivity index (χ3v) is 6.23. The van der Waals surface area contributed by atoms with Crippen molar-refractivity contribution in [2.24, 2.45) is 0 Å². The van der Waals surface area contributed by atoms with Gasteiger partial charge in [0.1, 0.15) is 0 Å². The molecule has 0 spiro atoms. The van der Waals surface area contributed by atoms with Gasteiger partial charge in [0.2, 0.25) is 0 Å². The lowest BCUT2D eigenvalue weighted by Gasteiger charge is -2.05. The van der Waals surface area contributed by atoms with Crippen LogP contribution in [-0.4, -0.2) is 11.2 Å². The maximum atomic E-state index is 9.22. The molecule has 0 fully saturated rings. The Labute approximate surface area is 179 Å². The normalized spacial score (nSPS) is 12.5. The van der Waals surface area contributed by atoms with Gasteiger partial charge in [0, 0.05) is 0 Å². The van der Waals surface area contributed by atoms with Crippen LogP contribution in [0.2, 0.25) is 0 Å². The van der Waals surface area contributed by atoms with Gasteiger partial charge in [-0.05, 0) is 13.3 Å². The number of aliphatic hydroxyl groups is 1. The Morgan fingerprint density at radius 1 is 0.393 bits per heavy atom. The Bertz CT molecular complexity index is 261. The van der Waals surface area contributed by atoms with E-state index in [1.807, 2.05) is 6.92 Å². The van der Waals surface area contributed by atoms with E-state index in [1.165, 1.54) is 148 Å². The fourth-order valence-corrected chi connectivity index (χ4v) is 4.23. The van der Waals surface area contributed by atoms with Gasteiger partial charge < -0.3 is 5.11 Å². The van der Waals surface area contributed by atoms with E-state index in [4.69, 9.17) is 0 Å². The maximum Gasteiger partial charge on any atom is 0.0512 e. The van der Waals surface area contributed by atoms with Crippen molar-refractivity contribution >= 4 is 0 Å². The molecule has 0 aliphatic heterocycles. The van der Waals surface area contributed by atoms with Gasteiger partial charge in [-0.25, -0.2) is 0 Å². The second-order valence-electron chi connectivity index (χ2n) is 9.42. The first kappa shape index (κ1) is 28.0. The zero-order valence-corrected chi connectivity index (χ0v) is 20.0. The van der Waals surface area contributed by atoms with Crippen molar-refractivity contribution in [3.05, 3.63) is 0 Å². The highest BCUT2D eigenvalue weighted by atomic mass is 16.3. The number of hydrogen-bond donors (Lipinski definition) is 1. The lowest BCUT2D eigenvalue weighted by Crippen LogP contribution is -1.98. The van der Waals surface area contributed by atoms with Crippen molar-refractivity contribution in [1.29, 1.82) is 0 Å². The molecule has 0 saturated carbocycles. The predicted molar refractivity (Wildman–Crippen MR) is 128 cm³/mol. The Morgan fingerprint density at radius 2 is 0.607 bits per heavy atom. The lowest BCUT2D eigenvalue weighted by atomic mass is 10.0. The molecule has 0 saturated heterocycles. The monoisotopic (exact) mass is 396 g/mol. The molecule has 0 heterocycles. The lowest BCUT2D eigenvalue weighted by molar-refractivity contribution is 0.180. The highest BCUT2D eigenvalue weighted by Crippen LogP contribution is 2.15. The highest BCUT2D eigenvalue weighted by Gasteiger charge is 1.97. The Morgan fingerprint density at radius 3 is 0.821 bits per heavy atom. The van der Waals surface area contributed by atoms with Gasteiger partial charge >= 0.3 is 0 Å². The molecule has 0 aromatic rings. The third-order valence-electron chi connectivity index (χ3n) is 6.23. The van der Waals surface area contributed by atoms with Gasteiger partial charge in [0.15, 0.2) is 0 Å². The van der Waals surface area contributed by atoms with E-state index >= 15 is 0 Å². The molecule has 28 heavy (non-hydrogen) atoms. The van der Waals surface area contributed by atoms with Crippen LogP contribution >= 0.6 is 0 Å². The molecule has 0 rings (SSSR count). The van der Waals surface area contributed by atoms with Gasteiger partial charge in [-0.3, -0.25) is 0 Å². The Hall–Kier alpha value is -0.0400. The van der Waals surface area contributed by atoms with Crippen molar-refractivity contribution in [2.45, 2.75) is 174 Å². The van der Waals surface area contributed by atoms with Gasteiger partial charge in [-0.15, -0.1) is 0 Å². The van der Waals surface area contributed by atoms with Crippen LogP contribution in [0.5, 0.6) is 0 Å². The Kier molecular flexibility index (Phi) is 25.0. The summed E-state index contributed by atoms with van der Waals surface area (Å²) in [7, 11) is 0. The first-order valence-corrected chi connectivity index (χ1v) is 13.5. The molecule has 1 N–H and O–H groups in total. The van der Waals surface area contributed by atoms with E-state index < -0.39 is 0 Å². The summed E-state index contributed by atoms with van der Waals surface area (Å²) < 4.78 is 0. The molecular formula is C27H56O. The maximum absolute atomic E-state index is 9.22. The van der Waals surface area contributed by atoms with Crippen LogP contribution in [-0.2, 0) is 0 Å². The van der Waals surface area contributed by atoms with Crippen LogP contribution in [0.3, 0.4) is 0 Å². The van der Waals surface area contributed by atoms with Crippen LogP contribution in [0.4, 0.5) is 0 Å². The van der Waals surface area contributed by atoms with Gasteiger partial charge in [-0.1, -0.05) is 155 Å². The summed E-state index contributed by atoms with van der Waals surface area (Å²) >= 11 is 0. The van der Waals surface area contributed by atoms with Crippen molar-refractivity contribution in [3.63, 3.8) is 0 Å². The second kappa shape index (κ2) is 25.0. The molecular weight excluding hydrogens is 340 g/mol. The molecule has 0 aromatic carbocycles. The number of unbranched alkanes of at least 4 members (excludes halogenated alkanes) is 22. The first-order valence-electron chi connectivity index (χ1n) is 13.5. The zero-order valence-electron chi connectivity index (χ0n) is 20.0. The van der Waals surface area contributed by atoms with Crippen molar-refractivity contribution in [1.82, 2.24) is 0 Å². The number of rotatable bonds is 24. The van der Waals surface area contributed by atoms with E-state index in [0.29, 0.717) is 0 Å². The van der Waals surface area contributed by atoms with Crippen LogP contribution < -0.4 is 0 Å². The van der Waals surface area contributed by atoms with Gasteiger partial charge in [-0.2, -0.15) is 0 Å². The summed E-state index contributed by atoms with van der Waals surface area (Å²) in [5, 5.41) is 9.22. The molecule has 1 nitrogen and oxygen atoms in total. The van der Waals surface area contributed by atoms with Crippen LogP contribution in [0, 0.1) is 0 Å². The van der Waals surface area contributed by atoms with E-state index in [-0.39, 0.29) is 6.10 Å². The largest absolute Gasteiger partial charge is 0.393 e. The number of hydrogen-bond acceptors (Lipinski definition) is 1. The van der Waals surface area contributed by atoms with Gasteiger partial charge in [0.25, 0.3) is 0 Å². The minimum atomic E-state index is -0.102. The van der Waals surface area contributed by atoms with E-state index in [1.54, 1.807) is 0 Å². The zero-order chi connectivity index (χ0) is 20.5. The van der Waals surface area contributed by atoms with E-state index in [9.17, 15) is 5.11 Å². The molecule has 1 atom stereocenters. The molecule has 0 radical (unpaired) electrons. The average molecular weight is 397 g/mol. The standard InChI is InChI=1S/C27H56O/c1-3-4-5-6-7-8-9-10-11-12-13-14-15-16-17-18-19-20-21-22-23-24-25-26-27(2)28/h27-28H,3-26H2,1-2H3. The molecule has 170 valence electrons. The van der Waals surface area contributed by atoms with Crippen LogP contribution in [0.25, 0.3) is 0 Å². The summed E-state index contributed by atoms with van der Waals surface area (Å²) in [6, 6.07) is 0. The summed E-state index contributed by atoms with van der Waals surface area (Å²) in [5.41, 5.74) is 0. The molecule has 0 aliphatic rings. The van der Waals surface area contributed by atoms with E-state index in [0.717, 1.165) is 6.42 Å². The van der Waals surface area contributed by atoms with E-state index in [2.05, 4.69) is 6.92 Å². The van der Waals surface area contributed by atoms with Gasteiger partial charge in [0.05, 0.1) is 6.10 Å². The topological polar surface area (TPSA) is 20.2 Å². The molecule has 0 aliphatic carbocycles. The minimum absolute atomic E-state index is 0.102. The third kappa shape index (κ3) is 26.0. The summed E-state index contributed by atoms with van der Waals surface area (Å²) in [4.78, 5) is 0. The summed E-state index contributed by atoms with van der Waals surface area (Å²) in [5.74, 6) is 0. The molecule has 0 bridgehead atoms. The summed E-state index contributed by atoms with van der Waals surface area (Å²) in [6.07, 6.45) is 33.9. The molecule has 0 aromatic heterocycles. The second-order valence-corrected chi connectivity index (χ2v) is 9.42. The fraction of sp³-hybridized carbons (Fsp3) is 1.00. The summed E-state index contributed by atoms with van der Waals surface area (Å²) in [6.45, 7) is 4.20. The molecule has 1 heteroatoms. The molecule has 0 amide bonds. The van der Waals surface area contributed by atoms with Crippen LogP contribution in [0.15, 0.2) is 0 Å². The van der Waals surface area contributed by atoms with Crippen LogP contribution in [0.1, 0.15) is 168 Å². The Balaban J connectivity index is 2.98. The SMILES string of the molecule is CCCCCCCCCCCCCCCCCCCCCCCCCC(C)O. The quantitative estimate of drug-likeness (QED) is 0.161. The first-order chi connectivity index (χ1) is 13.8. The fourth-order valence-electron chi connectivity index (χ4n) is 4.23. The number of aliphatic hydroxyl groups excluding tert-OH is 1. The average Bonchev–Trinajstić information content (AvgIpc) is 2.68. The highest BCUT2D eigenvalue weighted by molar-refractivity contribution is 4.52. The predicted octanol–water partition coefficient (Wildman–Crippen LogP) is 9.75.